The maximum Gasteiger partial charge on any atom is 0.421 e. The Morgan fingerprint density at radius 2 is 2.00 bits per heavy atom. The molecule has 0 saturated heterocycles. The molecule has 34 heavy (non-hydrogen) atoms. The van der Waals surface area contributed by atoms with E-state index >= 15 is 0 Å². The lowest BCUT2D eigenvalue weighted by Gasteiger charge is -2.16. The summed E-state index contributed by atoms with van der Waals surface area (Å²) < 4.78 is 40.9. The van der Waals surface area contributed by atoms with E-state index < -0.39 is 23.5 Å². The lowest BCUT2D eigenvalue weighted by Crippen LogP contribution is -2.19. The van der Waals surface area contributed by atoms with Gasteiger partial charge in [0.25, 0.3) is 5.91 Å². The van der Waals surface area contributed by atoms with E-state index in [1.807, 2.05) is 6.07 Å². The summed E-state index contributed by atoms with van der Waals surface area (Å²) in [5.74, 6) is -1.37. The van der Waals surface area contributed by atoms with Crippen LogP contribution < -0.4 is 16.4 Å². The van der Waals surface area contributed by atoms with Gasteiger partial charge in [-0.2, -0.15) is 18.2 Å². The third kappa shape index (κ3) is 4.49. The fraction of sp³-hybridized carbons (Fsp3) is 0.217. The first kappa shape index (κ1) is 23.0. The van der Waals surface area contributed by atoms with Crippen LogP contribution in [0.4, 0.5) is 30.6 Å². The molecule has 0 aliphatic carbocycles. The maximum absolute atomic E-state index is 13.6. The van der Waals surface area contributed by atoms with Gasteiger partial charge in [0.2, 0.25) is 11.9 Å². The Morgan fingerprint density at radius 3 is 2.71 bits per heavy atom. The Bertz CT molecular complexity index is 1290. The van der Waals surface area contributed by atoms with Gasteiger partial charge in [-0.1, -0.05) is 24.3 Å². The highest BCUT2D eigenvalue weighted by molar-refractivity contribution is 5.99. The van der Waals surface area contributed by atoms with E-state index in [1.54, 1.807) is 43.1 Å². The number of alkyl halides is 3. The molecule has 0 bridgehead atoms. The van der Waals surface area contributed by atoms with Crippen LogP contribution in [-0.4, -0.2) is 33.7 Å². The van der Waals surface area contributed by atoms with Crippen molar-refractivity contribution in [1.82, 2.24) is 14.9 Å². The first-order valence-electron chi connectivity index (χ1n) is 10.3. The molecule has 11 heteroatoms. The number of rotatable bonds is 6. The van der Waals surface area contributed by atoms with Crippen molar-refractivity contribution in [2.45, 2.75) is 26.2 Å². The fourth-order valence-electron chi connectivity index (χ4n) is 3.72. The largest absolute Gasteiger partial charge is 0.421 e. The fourth-order valence-corrected chi connectivity index (χ4v) is 3.72. The average Bonchev–Trinajstić information content (AvgIpc) is 3.07. The summed E-state index contributed by atoms with van der Waals surface area (Å²) in [6, 6.07) is 9.93. The number of aryl methyl sites for hydroxylation is 1. The third-order valence-electron chi connectivity index (χ3n) is 5.51. The summed E-state index contributed by atoms with van der Waals surface area (Å²) in [7, 11) is 1.67. The lowest BCUT2D eigenvalue weighted by atomic mass is 10.0. The second-order valence-electron chi connectivity index (χ2n) is 7.94. The van der Waals surface area contributed by atoms with Crippen LogP contribution in [0.25, 0.3) is 0 Å². The molecule has 4 rings (SSSR count). The van der Waals surface area contributed by atoms with Crippen LogP contribution in [0.3, 0.4) is 0 Å². The molecule has 0 unspecified atom stereocenters. The minimum Gasteiger partial charge on any atom is -0.366 e. The number of hydrogen-bond acceptors (Lipinski definition) is 6. The SMILES string of the molecule is Cc1ccc(C(N)=O)cc1Nc1ncc(C(F)(F)F)c(NCc2cccc3c2C(=O)N(C)C3)n1. The second kappa shape index (κ2) is 8.65. The minimum absolute atomic E-state index is 0.0432. The zero-order valence-electron chi connectivity index (χ0n) is 18.3. The Kier molecular flexibility index (Phi) is 5.86. The van der Waals surface area contributed by atoms with E-state index in [0.29, 0.717) is 35.1 Å². The van der Waals surface area contributed by atoms with Crippen molar-refractivity contribution < 1.29 is 22.8 Å². The van der Waals surface area contributed by atoms with Gasteiger partial charge in [0.15, 0.2) is 0 Å². The zero-order chi connectivity index (χ0) is 24.6. The molecule has 3 aromatic rings. The number of hydrogen-bond donors (Lipinski definition) is 3. The molecule has 176 valence electrons. The van der Waals surface area contributed by atoms with E-state index in [4.69, 9.17) is 5.73 Å². The predicted octanol–water partition coefficient (Wildman–Crippen LogP) is 3.84. The molecule has 0 saturated carbocycles. The molecule has 1 aromatic heterocycles. The molecule has 0 fully saturated rings. The molecular weight excluding hydrogens is 449 g/mol. The first-order chi connectivity index (χ1) is 16.0. The number of nitrogens with zero attached hydrogens (tertiary/aromatic N) is 3. The first-order valence-corrected chi connectivity index (χ1v) is 10.3. The van der Waals surface area contributed by atoms with Gasteiger partial charge in [-0.3, -0.25) is 9.59 Å². The van der Waals surface area contributed by atoms with Gasteiger partial charge in [0, 0.05) is 43.1 Å². The summed E-state index contributed by atoms with van der Waals surface area (Å²) >= 11 is 0. The number of primary amides is 1. The molecule has 0 spiro atoms. The molecule has 2 aromatic carbocycles. The van der Waals surface area contributed by atoms with Crippen molar-refractivity contribution in [3.05, 3.63) is 76.0 Å². The Labute approximate surface area is 193 Å². The number of anilines is 3. The van der Waals surface area contributed by atoms with Gasteiger partial charge < -0.3 is 21.3 Å². The van der Waals surface area contributed by atoms with Gasteiger partial charge >= 0.3 is 6.18 Å². The molecule has 0 atom stereocenters. The second-order valence-corrected chi connectivity index (χ2v) is 7.94. The highest BCUT2D eigenvalue weighted by Gasteiger charge is 2.35. The number of fused-ring (bicyclic) bond motifs is 1. The van der Waals surface area contributed by atoms with Gasteiger partial charge in [-0.15, -0.1) is 0 Å². The Morgan fingerprint density at radius 1 is 1.24 bits per heavy atom. The van der Waals surface area contributed by atoms with Crippen LogP contribution >= 0.6 is 0 Å². The van der Waals surface area contributed by atoms with E-state index in [-0.39, 0.29) is 24.0 Å². The number of carbonyl (C=O) groups excluding carboxylic acids is 2. The number of benzene rings is 2. The number of nitrogens with one attached hydrogen (secondary N) is 2. The van der Waals surface area contributed by atoms with Crippen molar-refractivity contribution >= 4 is 29.3 Å². The summed E-state index contributed by atoms with van der Waals surface area (Å²) in [5.41, 5.74) is 7.50. The molecule has 1 aliphatic rings. The van der Waals surface area contributed by atoms with Gasteiger partial charge in [-0.25, -0.2) is 4.98 Å². The highest BCUT2D eigenvalue weighted by Crippen LogP contribution is 2.35. The topological polar surface area (TPSA) is 113 Å². The van der Waals surface area contributed by atoms with Crippen LogP contribution in [-0.2, 0) is 19.3 Å². The summed E-state index contributed by atoms with van der Waals surface area (Å²) in [6.45, 7) is 2.15. The predicted molar refractivity (Wildman–Crippen MR) is 120 cm³/mol. The molecule has 1 aliphatic heterocycles. The molecule has 0 radical (unpaired) electrons. The van der Waals surface area contributed by atoms with E-state index in [9.17, 15) is 22.8 Å². The Balaban J connectivity index is 1.65. The van der Waals surface area contributed by atoms with Crippen LogP contribution in [0.2, 0.25) is 0 Å². The van der Waals surface area contributed by atoms with Crippen molar-refractivity contribution in [1.29, 1.82) is 0 Å². The third-order valence-corrected chi connectivity index (χ3v) is 5.51. The number of halogens is 3. The van der Waals surface area contributed by atoms with Crippen molar-refractivity contribution in [2.24, 2.45) is 5.73 Å². The maximum atomic E-state index is 13.6. The minimum atomic E-state index is -4.70. The summed E-state index contributed by atoms with van der Waals surface area (Å²) in [5, 5.41) is 5.56. The van der Waals surface area contributed by atoms with Crippen LogP contribution in [0.15, 0.2) is 42.6 Å². The van der Waals surface area contributed by atoms with Crippen LogP contribution in [0, 0.1) is 6.92 Å². The number of aromatic nitrogens is 2. The Hall–Kier alpha value is -4.15. The zero-order valence-corrected chi connectivity index (χ0v) is 18.3. The molecule has 4 N–H and O–H groups in total. The number of amides is 2. The quantitative estimate of drug-likeness (QED) is 0.505. The van der Waals surface area contributed by atoms with Gasteiger partial charge in [-0.05, 0) is 35.7 Å². The molecule has 8 nitrogen and oxygen atoms in total. The van der Waals surface area contributed by atoms with Crippen molar-refractivity contribution in [3.63, 3.8) is 0 Å². The van der Waals surface area contributed by atoms with E-state index in [0.717, 1.165) is 5.56 Å². The van der Waals surface area contributed by atoms with Crippen LogP contribution in [0.5, 0.6) is 0 Å². The van der Waals surface area contributed by atoms with Crippen molar-refractivity contribution in [3.8, 4) is 0 Å². The highest BCUT2D eigenvalue weighted by atomic mass is 19.4. The average molecular weight is 470 g/mol. The number of carbonyl (C=O) groups is 2. The monoisotopic (exact) mass is 470 g/mol. The normalized spacial score (nSPS) is 13.1. The smallest absolute Gasteiger partial charge is 0.366 e. The van der Waals surface area contributed by atoms with Crippen LogP contribution in [0.1, 0.15) is 43.0 Å². The van der Waals surface area contributed by atoms with E-state index in [2.05, 4.69) is 20.6 Å². The molecule has 2 heterocycles. The lowest BCUT2D eigenvalue weighted by molar-refractivity contribution is -0.137. The van der Waals surface area contributed by atoms with Gasteiger partial charge in [0.05, 0.1) is 0 Å². The number of nitrogens with two attached hydrogens (primary N) is 1. The van der Waals surface area contributed by atoms with Gasteiger partial charge in [0.1, 0.15) is 11.4 Å². The summed E-state index contributed by atoms with van der Waals surface area (Å²) in [4.78, 5) is 33.3. The van der Waals surface area contributed by atoms with Crippen molar-refractivity contribution in [2.75, 3.05) is 17.7 Å². The molecule has 2 amide bonds. The summed E-state index contributed by atoms with van der Waals surface area (Å²) in [6.07, 6.45) is -4.02. The molecular formula is C23H21F3N6O2. The standard InChI is InChI=1S/C23H21F3N6O2/c1-12-6-7-13(19(27)33)8-17(12)30-22-29-10-16(23(24,25)26)20(31-22)28-9-14-4-3-5-15-11-32(2)21(34)18(14)15/h3-8,10H,9,11H2,1-2H3,(H2,27,33)(H2,28,29,30,31). The van der Waals surface area contributed by atoms with E-state index in [1.165, 1.54) is 6.07 Å².